The molecule has 1 saturated carbocycles. The summed E-state index contributed by atoms with van der Waals surface area (Å²) < 4.78 is 22.6. The molecule has 2 aliphatic heterocycles. The van der Waals surface area contributed by atoms with Gasteiger partial charge in [0, 0.05) is 29.8 Å². The van der Waals surface area contributed by atoms with Crippen LogP contribution in [0.25, 0.3) is 0 Å². The third kappa shape index (κ3) is 7.71. The van der Waals surface area contributed by atoms with Crippen molar-refractivity contribution in [2.75, 3.05) is 30.3 Å². The highest BCUT2D eigenvalue weighted by Gasteiger charge is 2.49. The van der Waals surface area contributed by atoms with Crippen LogP contribution in [0.15, 0.2) is 54.6 Å². The molecule has 3 aliphatic rings. The topological polar surface area (TPSA) is 78.9 Å². The average Bonchev–Trinajstić information content (AvgIpc) is 3.21. The molecule has 46 heavy (non-hydrogen) atoms. The maximum atomic E-state index is 13.4. The van der Waals surface area contributed by atoms with E-state index in [9.17, 15) is 14.1 Å². The van der Waals surface area contributed by atoms with Gasteiger partial charge in [-0.3, -0.25) is 9.52 Å². The molecule has 2 bridgehead atoms. The molecular weight excluding hydrogens is 613 g/mol. The van der Waals surface area contributed by atoms with Gasteiger partial charge in [0.15, 0.2) is 0 Å². The van der Waals surface area contributed by atoms with E-state index in [0.29, 0.717) is 24.5 Å². The molecule has 1 fully saturated rings. The number of ether oxygens (including phenoxy) is 1. The van der Waals surface area contributed by atoms with Crippen LogP contribution in [0.4, 0.5) is 5.69 Å². The van der Waals surface area contributed by atoms with Crippen LogP contribution in [-0.4, -0.2) is 56.8 Å². The van der Waals surface area contributed by atoms with Gasteiger partial charge in [-0.05, 0) is 91.9 Å². The first-order chi connectivity index (χ1) is 22.2. The first-order valence-corrected chi connectivity index (χ1v) is 19.7. The van der Waals surface area contributed by atoms with Crippen molar-refractivity contribution in [3.8, 4) is 5.75 Å². The second kappa shape index (κ2) is 15.7. The number of aryl methyl sites for hydroxylation is 1. The maximum Gasteiger partial charge on any atom is 0.263 e. The first kappa shape index (κ1) is 35.0. The number of carbonyl (C=O) groups is 1. The van der Waals surface area contributed by atoms with E-state index in [0.717, 1.165) is 68.8 Å². The number of aliphatic hydroxyl groups is 1. The second-order valence-electron chi connectivity index (χ2n) is 13.8. The Kier molecular flexibility index (Phi) is 12.0. The number of hydrogen-bond donors (Lipinski definition) is 2. The van der Waals surface area contributed by atoms with E-state index < -0.39 is 16.6 Å². The Morgan fingerprint density at radius 1 is 1.13 bits per heavy atom. The Morgan fingerprint density at radius 2 is 1.93 bits per heavy atom. The Balaban J connectivity index is 1.55. The summed E-state index contributed by atoms with van der Waals surface area (Å²) in [6.45, 7) is 12.7. The monoisotopic (exact) mass is 666 g/mol. The predicted molar refractivity (Wildman–Crippen MR) is 193 cm³/mol. The number of carbonyl (C=O) groups excluding carboxylic acids is 1. The van der Waals surface area contributed by atoms with Crippen molar-refractivity contribution in [1.82, 2.24) is 4.72 Å². The Bertz CT molecular complexity index is 1400. The first-order valence-electron chi connectivity index (χ1n) is 17.5. The lowest BCUT2D eigenvalue weighted by Gasteiger charge is -2.50. The number of nitrogens with zero attached hydrogens (tertiary/aromatic N) is 1. The smallest absolute Gasteiger partial charge is 0.263 e. The lowest BCUT2D eigenvalue weighted by Crippen LogP contribution is -2.54. The van der Waals surface area contributed by atoms with Crippen molar-refractivity contribution in [2.24, 2.45) is 17.8 Å². The molecule has 1 amide bonds. The molecule has 0 saturated heterocycles. The van der Waals surface area contributed by atoms with E-state index in [-0.39, 0.29) is 34.2 Å². The summed E-state index contributed by atoms with van der Waals surface area (Å²) in [4.78, 5) is 15.8. The van der Waals surface area contributed by atoms with Gasteiger partial charge in [0.1, 0.15) is 16.7 Å². The van der Waals surface area contributed by atoms with E-state index in [1.54, 1.807) is 6.07 Å². The van der Waals surface area contributed by atoms with Crippen LogP contribution in [-0.2, 0) is 17.4 Å². The number of amides is 1. The number of unbranched alkanes of at least 4 members (excludes halogenated alkanes) is 1. The SMILES string of the molecule is CCCCS[C@@H](C)C1(O)/C=C/CC(C)C(C)S(=O)NC(=O)c2ccc3c(c2)N(CC(c2ccccc2CCC)CO3)CC2CCC21. The minimum atomic E-state index is -1.55. The molecule has 2 aromatic rings. The van der Waals surface area contributed by atoms with Gasteiger partial charge in [-0.15, -0.1) is 0 Å². The van der Waals surface area contributed by atoms with E-state index in [1.807, 2.05) is 30.8 Å². The maximum absolute atomic E-state index is 13.4. The molecule has 0 spiro atoms. The van der Waals surface area contributed by atoms with Crippen molar-refractivity contribution in [2.45, 2.75) is 102 Å². The van der Waals surface area contributed by atoms with E-state index in [4.69, 9.17) is 4.74 Å². The van der Waals surface area contributed by atoms with Crippen LogP contribution in [0.1, 0.15) is 101 Å². The number of benzene rings is 2. The zero-order valence-corrected chi connectivity index (χ0v) is 30.0. The fraction of sp³-hybridized carbons (Fsp3) is 0.605. The van der Waals surface area contributed by atoms with E-state index >= 15 is 0 Å². The number of hydrogen-bond acceptors (Lipinski definition) is 6. The van der Waals surface area contributed by atoms with Crippen LogP contribution < -0.4 is 14.4 Å². The Labute approximate surface area is 283 Å². The summed E-state index contributed by atoms with van der Waals surface area (Å²) in [5.74, 6) is 2.14. The molecule has 2 N–H and O–H groups in total. The fourth-order valence-electron chi connectivity index (χ4n) is 7.32. The summed E-state index contributed by atoms with van der Waals surface area (Å²) in [7, 11) is -1.55. The van der Waals surface area contributed by atoms with Gasteiger partial charge in [-0.1, -0.05) is 77.0 Å². The summed E-state index contributed by atoms with van der Waals surface area (Å²) in [6, 6.07) is 14.3. The van der Waals surface area contributed by atoms with Crippen molar-refractivity contribution in [1.29, 1.82) is 0 Å². The largest absolute Gasteiger partial charge is 0.491 e. The van der Waals surface area contributed by atoms with Gasteiger partial charge < -0.3 is 14.7 Å². The molecule has 252 valence electrons. The third-order valence-corrected chi connectivity index (χ3v) is 13.6. The summed E-state index contributed by atoms with van der Waals surface area (Å²) in [5.41, 5.74) is 3.14. The highest BCUT2D eigenvalue weighted by atomic mass is 32.2. The number of nitrogens with one attached hydrogen (secondary N) is 1. The molecule has 7 unspecified atom stereocenters. The lowest BCUT2D eigenvalue weighted by atomic mass is 9.63. The summed E-state index contributed by atoms with van der Waals surface area (Å²) in [5, 5.41) is 12.4. The van der Waals surface area contributed by atoms with Gasteiger partial charge in [0.25, 0.3) is 5.91 Å². The quantitative estimate of drug-likeness (QED) is 0.222. The summed E-state index contributed by atoms with van der Waals surface area (Å²) >= 11 is 1.88. The molecule has 6 nitrogen and oxygen atoms in total. The number of thioether (sulfide) groups is 1. The number of anilines is 1. The van der Waals surface area contributed by atoms with Crippen LogP contribution in [0.2, 0.25) is 0 Å². The van der Waals surface area contributed by atoms with E-state index in [2.05, 4.69) is 73.7 Å². The molecule has 2 aromatic carbocycles. The number of allylic oxidation sites excluding steroid dienone is 1. The Hall–Kier alpha value is -2.29. The van der Waals surface area contributed by atoms with Crippen molar-refractivity contribution < 1.29 is 18.8 Å². The molecule has 1 aliphatic carbocycles. The lowest BCUT2D eigenvalue weighted by molar-refractivity contribution is -0.0432. The molecular formula is C38H54N2O4S2. The van der Waals surface area contributed by atoms with Gasteiger partial charge in [-0.2, -0.15) is 11.8 Å². The van der Waals surface area contributed by atoms with Gasteiger partial charge in [-0.25, -0.2) is 4.21 Å². The third-order valence-electron chi connectivity index (χ3n) is 10.7. The van der Waals surface area contributed by atoms with Gasteiger partial charge >= 0.3 is 0 Å². The minimum Gasteiger partial charge on any atom is -0.491 e. The fourth-order valence-corrected chi connectivity index (χ4v) is 9.67. The van der Waals surface area contributed by atoms with Crippen molar-refractivity contribution in [3.63, 3.8) is 0 Å². The van der Waals surface area contributed by atoms with Crippen molar-refractivity contribution >= 4 is 34.3 Å². The average molecular weight is 667 g/mol. The number of fused-ring (bicyclic) bond motifs is 2. The van der Waals surface area contributed by atoms with Crippen molar-refractivity contribution in [3.05, 3.63) is 71.3 Å². The van der Waals surface area contributed by atoms with Gasteiger partial charge in [0.05, 0.1) is 23.1 Å². The van der Waals surface area contributed by atoms with Crippen LogP contribution in [0, 0.1) is 17.8 Å². The predicted octanol–water partition coefficient (Wildman–Crippen LogP) is 7.68. The molecule has 0 radical (unpaired) electrons. The number of rotatable bonds is 8. The standard InChI is InChI=1S/C38H54N2O4S2/c1-6-8-21-45-28(5)38(42)20-11-13-26(3)27(4)46(43)39-37(41)30-17-19-36-35(22-30)40(23-31-16-18-34(31)38)24-32(25-44-36)33-15-10-9-14-29(33)12-7-2/h9-11,14-15,17,19-20,22,26-28,31-32,34,42H,6-8,12-13,16,18,21,23-25H2,1-5H3,(H,39,41)/b20-11+/t26?,27?,28-,31?,32?,34?,38?,46?/m0/s1. The van der Waals surface area contributed by atoms with E-state index in [1.165, 1.54) is 11.1 Å². The second-order valence-corrected chi connectivity index (χ2v) is 16.8. The van der Waals surface area contributed by atoms with Crippen LogP contribution >= 0.6 is 11.8 Å². The highest BCUT2D eigenvalue weighted by Crippen LogP contribution is 2.48. The summed E-state index contributed by atoms with van der Waals surface area (Å²) in [6.07, 6.45) is 11.3. The Morgan fingerprint density at radius 3 is 2.67 bits per heavy atom. The minimum absolute atomic E-state index is 0.0585. The molecule has 8 heteroatoms. The van der Waals surface area contributed by atoms with Gasteiger partial charge in [0.2, 0.25) is 0 Å². The molecule has 5 rings (SSSR count). The highest BCUT2D eigenvalue weighted by molar-refractivity contribution is 7.99. The van der Waals surface area contributed by atoms with Crippen LogP contribution in [0.5, 0.6) is 5.75 Å². The zero-order valence-electron chi connectivity index (χ0n) is 28.4. The zero-order chi connectivity index (χ0) is 32.8. The molecule has 2 heterocycles. The molecule has 0 aromatic heterocycles. The normalized spacial score (nSPS) is 31.4. The van der Waals surface area contributed by atoms with Crippen LogP contribution in [0.3, 0.4) is 0 Å². The molecule has 8 atom stereocenters.